The number of pyridine rings is 1. The van der Waals surface area contributed by atoms with Gasteiger partial charge in [-0.1, -0.05) is 43.6 Å². The summed E-state index contributed by atoms with van der Waals surface area (Å²) >= 11 is 6.12. The van der Waals surface area contributed by atoms with E-state index in [1.54, 1.807) is 12.3 Å². The monoisotopic (exact) mass is 432 g/mol. The van der Waals surface area contributed by atoms with Gasteiger partial charge in [-0.3, -0.25) is 14.5 Å². The maximum absolute atomic E-state index is 11.4. The highest BCUT2D eigenvalue weighted by molar-refractivity contribution is 6.30. The first-order valence-corrected chi connectivity index (χ1v) is 10.7. The van der Waals surface area contributed by atoms with Gasteiger partial charge in [0.25, 0.3) is 5.91 Å². The molecular formula is C25H25ClN4O. The van der Waals surface area contributed by atoms with E-state index >= 15 is 0 Å². The van der Waals surface area contributed by atoms with Crippen molar-refractivity contribution in [2.45, 2.75) is 33.2 Å². The summed E-state index contributed by atoms with van der Waals surface area (Å²) in [4.78, 5) is 15.6. The zero-order chi connectivity index (χ0) is 22.1. The van der Waals surface area contributed by atoms with Crippen LogP contribution in [0.25, 0.3) is 22.0 Å². The van der Waals surface area contributed by atoms with Gasteiger partial charge >= 0.3 is 0 Å². The van der Waals surface area contributed by atoms with E-state index in [1.165, 1.54) is 0 Å². The Labute approximate surface area is 186 Å². The Bertz CT molecular complexity index is 1240. The van der Waals surface area contributed by atoms with Gasteiger partial charge in [0.05, 0.1) is 11.6 Å². The van der Waals surface area contributed by atoms with E-state index in [-0.39, 0.29) is 11.7 Å². The van der Waals surface area contributed by atoms with Crippen LogP contribution in [0.3, 0.4) is 0 Å². The molecule has 2 heterocycles. The van der Waals surface area contributed by atoms with E-state index in [0.29, 0.717) is 5.92 Å². The van der Waals surface area contributed by atoms with Crippen LogP contribution in [0.2, 0.25) is 5.02 Å². The molecule has 0 saturated carbocycles. The van der Waals surface area contributed by atoms with Crippen LogP contribution in [-0.2, 0) is 0 Å². The molecule has 0 aliphatic heterocycles. The molecule has 2 N–H and O–H groups in total. The standard InChI is InChI=1S/C25H25ClN4O/c1-15(2)10-24(18-5-9-23(25(27)31)28-13-18)30-14-19-12-17(4-8-22(19)29-30)21-7-6-20(26)11-16(21)3/h4-9,11-15,24H,10H2,1-3H3,(H2,27,31). The number of hydrogen-bond donors (Lipinski definition) is 1. The highest BCUT2D eigenvalue weighted by atomic mass is 35.5. The van der Waals surface area contributed by atoms with Crippen LogP contribution >= 0.6 is 11.6 Å². The number of hydrogen-bond acceptors (Lipinski definition) is 3. The highest BCUT2D eigenvalue weighted by Crippen LogP contribution is 2.31. The fourth-order valence-electron chi connectivity index (χ4n) is 3.91. The Morgan fingerprint density at radius 3 is 2.58 bits per heavy atom. The fraction of sp³-hybridized carbons (Fsp3) is 0.240. The molecule has 0 spiro atoms. The number of carbonyl (C=O) groups excluding carboxylic acids is 1. The summed E-state index contributed by atoms with van der Waals surface area (Å²) in [5.41, 5.74) is 11.0. The van der Waals surface area contributed by atoms with Crippen LogP contribution in [0.5, 0.6) is 0 Å². The molecule has 5 nitrogen and oxygen atoms in total. The van der Waals surface area contributed by atoms with E-state index in [1.807, 2.05) is 22.9 Å². The number of primary amides is 1. The summed E-state index contributed by atoms with van der Waals surface area (Å²) in [7, 11) is 0. The molecular weight excluding hydrogens is 408 g/mol. The summed E-state index contributed by atoms with van der Waals surface area (Å²) in [5.74, 6) is -0.0674. The molecule has 4 rings (SSSR count). The molecule has 6 heteroatoms. The molecule has 0 aliphatic rings. The third kappa shape index (κ3) is 4.47. The second-order valence-electron chi connectivity index (χ2n) is 8.33. The van der Waals surface area contributed by atoms with Crippen molar-refractivity contribution in [3.8, 4) is 11.1 Å². The van der Waals surface area contributed by atoms with E-state index < -0.39 is 5.91 Å². The first-order valence-electron chi connectivity index (χ1n) is 10.3. The van der Waals surface area contributed by atoms with Crippen molar-refractivity contribution < 1.29 is 4.79 Å². The molecule has 0 saturated heterocycles. The minimum atomic E-state index is -0.526. The van der Waals surface area contributed by atoms with E-state index in [0.717, 1.165) is 44.6 Å². The summed E-state index contributed by atoms with van der Waals surface area (Å²) in [6.07, 6.45) is 4.70. The average Bonchev–Trinajstić information content (AvgIpc) is 3.15. The first-order chi connectivity index (χ1) is 14.8. The molecule has 2 aromatic carbocycles. The van der Waals surface area contributed by atoms with Gasteiger partial charge in [-0.2, -0.15) is 5.10 Å². The Morgan fingerprint density at radius 1 is 1.13 bits per heavy atom. The van der Waals surface area contributed by atoms with Crippen molar-refractivity contribution in [1.29, 1.82) is 0 Å². The molecule has 0 bridgehead atoms. The number of halogens is 1. The number of aromatic nitrogens is 3. The lowest BCUT2D eigenvalue weighted by Crippen LogP contribution is -2.16. The average molecular weight is 433 g/mol. The van der Waals surface area contributed by atoms with Gasteiger partial charge in [-0.15, -0.1) is 0 Å². The van der Waals surface area contributed by atoms with E-state index in [9.17, 15) is 4.79 Å². The zero-order valence-electron chi connectivity index (χ0n) is 17.8. The summed E-state index contributed by atoms with van der Waals surface area (Å²) in [6.45, 7) is 6.43. The van der Waals surface area contributed by atoms with Crippen molar-refractivity contribution in [2.24, 2.45) is 11.7 Å². The largest absolute Gasteiger partial charge is 0.364 e. The molecule has 1 amide bonds. The van der Waals surface area contributed by atoms with Gasteiger partial charge in [0.2, 0.25) is 0 Å². The lowest BCUT2D eigenvalue weighted by molar-refractivity contribution is 0.0995. The van der Waals surface area contributed by atoms with Crippen LogP contribution in [0.1, 0.15) is 47.9 Å². The Balaban J connectivity index is 1.74. The normalized spacial score (nSPS) is 12.4. The molecule has 1 unspecified atom stereocenters. The molecule has 2 aromatic heterocycles. The number of nitrogens with zero attached hydrogens (tertiary/aromatic N) is 3. The van der Waals surface area contributed by atoms with Crippen LogP contribution < -0.4 is 5.73 Å². The smallest absolute Gasteiger partial charge is 0.267 e. The Hall–Kier alpha value is -3.18. The summed E-state index contributed by atoms with van der Waals surface area (Å²) in [5, 5.41) is 6.66. The van der Waals surface area contributed by atoms with Crippen molar-refractivity contribution in [1.82, 2.24) is 14.8 Å². The second kappa shape index (κ2) is 8.52. The third-order valence-electron chi connectivity index (χ3n) is 5.46. The zero-order valence-corrected chi connectivity index (χ0v) is 18.6. The number of benzene rings is 2. The first kappa shape index (κ1) is 21.1. The number of amides is 1. The number of aryl methyl sites for hydroxylation is 1. The van der Waals surface area contributed by atoms with Crippen LogP contribution in [0, 0.1) is 12.8 Å². The van der Waals surface area contributed by atoms with Crippen LogP contribution in [0.15, 0.2) is 60.9 Å². The molecule has 158 valence electrons. The molecule has 0 radical (unpaired) electrons. The van der Waals surface area contributed by atoms with Crippen LogP contribution in [-0.4, -0.2) is 20.7 Å². The number of nitrogens with two attached hydrogens (primary N) is 1. The number of fused-ring (bicyclic) bond motifs is 1. The van der Waals surface area contributed by atoms with Crippen LogP contribution in [0.4, 0.5) is 0 Å². The lowest BCUT2D eigenvalue weighted by atomic mass is 9.98. The lowest BCUT2D eigenvalue weighted by Gasteiger charge is -2.20. The molecule has 31 heavy (non-hydrogen) atoms. The summed E-state index contributed by atoms with van der Waals surface area (Å²) in [6, 6.07) is 15.9. The third-order valence-corrected chi connectivity index (χ3v) is 5.69. The number of carbonyl (C=O) groups is 1. The predicted molar refractivity (Wildman–Crippen MR) is 125 cm³/mol. The SMILES string of the molecule is Cc1cc(Cl)ccc1-c1ccc2nn(C(CC(C)C)c3ccc(C(N)=O)nc3)cc2c1. The van der Waals surface area contributed by atoms with E-state index in [2.05, 4.69) is 56.2 Å². The fourth-order valence-corrected chi connectivity index (χ4v) is 4.14. The maximum Gasteiger partial charge on any atom is 0.267 e. The summed E-state index contributed by atoms with van der Waals surface area (Å²) < 4.78 is 2.00. The molecule has 1 atom stereocenters. The number of rotatable bonds is 6. The van der Waals surface area contributed by atoms with E-state index in [4.69, 9.17) is 22.4 Å². The second-order valence-corrected chi connectivity index (χ2v) is 8.76. The minimum absolute atomic E-state index is 0.0162. The quantitative estimate of drug-likeness (QED) is 0.418. The van der Waals surface area contributed by atoms with Gasteiger partial charge in [0.15, 0.2) is 0 Å². The van der Waals surface area contributed by atoms with Crippen molar-refractivity contribution in [2.75, 3.05) is 0 Å². The molecule has 4 aromatic rings. The highest BCUT2D eigenvalue weighted by Gasteiger charge is 2.19. The van der Waals surface area contributed by atoms with Crippen molar-refractivity contribution >= 4 is 28.4 Å². The minimum Gasteiger partial charge on any atom is -0.364 e. The van der Waals surface area contributed by atoms with Gasteiger partial charge in [0.1, 0.15) is 5.69 Å². The maximum atomic E-state index is 11.4. The molecule has 0 fully saturated rings. The topological polar surface area (TPSA) is 73.8 Å². The Morgan fingerprint density at radius 2 is 1.94 bits per heavy atom. The van der Waals surface area contributed by atoms with Crippen molar-refractivity contribution in [3.63, 3.8) is 0 Å². The van der Waals surface area contributed by atoms with Gasteiger partial charge in [0, 0.05) is 22.8 Å². The van der Waals surface area contributed by atoms with Crippen molar-refractivity contribution in [3.05, 3.63) is 82.8 Å². The molecule has 0 aliphatic carbocycles. The van der Waals surface area contributed by atoms with Gasteiger partial charge < -0.3 is 5.73 Å². The van der Waals surface area contributed by atoms with Gasteiger partial charge in [-0.25, -0.2) is 0 Å². The van der Waals surface area contributed by atoms with Gasteiger partial charge in [-0.05, 0) is 71.8 Å². The predicted octanol–water partition coefficient (Wildman–Crippen LogP) is 5.79. The Kier molecular flexibility index (Phi) is 5.79.